The summed E-state index contributed by atoms with van der Waals surface area (Å²) in [5.41, 5.74) is 12.3. The standard InChI is InChI=1S/C13H12.2C3H6N2O/c1-3-7-12(8-4-1)11-13-9-5-2-6-10-13;2*4-3(6)5-1-2-5/h1-10H,11H2;2*1-2H2,(H2,4,6). The van der Waals surface area contributed by atoms with E-state index in [0.29, 0.717) is 0 Å². The molecule has 4 rings (SSSR count). The van der Waals surface area contributed by atoms with Gasteiger partial charge in [0, 0.05) is 26.2 Å². The number of carbonyl (C=O) groups excluding carboxylic acids is 2. The normalized spacial score (nSPS) is 13.6. The summed E-state index contributed by atoms with van der Waals surface area (Å²) < 4.78 is 0. The first-order valence-electron chi connectivity index (χ1n) is 8.23. The highest BCUT2D eigenvalue weighted by Crippen LogP contribution is 2.07. The Morgan fingerprint density at radius 3 is 1.20 bits per heavy atom. The van der Waals surface area contributed by atoms with Crippen LogP contribution in [0.1, 0.15) is 11.1 Å². The highest BCUT2D eigenvalue weighted by Gasteiger charge is 2.20. The Balaban J connectivity index is 0.000000156. The van der Waals surface area contributed by atoms with Crippen molar-refractivity contribution in [1.82, 2.24) is 9.80 Å². The SMILES string of the molecule is NC(=O)N1CC1.NC(=O)N1CC1.c1ccc(Cc2ccccc2)cc1. The summed E-state index contributed by atoms with van der Waals surface area (Å²) in [5, 5.41) is 0. The number of urea groups is 2. The van der Waals surface area contributed by atoms with Gasteiger partial charge >= 0.3 is 12.1 Å². The van der Waals surface area contributed by atoms with E-state index in [4.69, 9.17) is 11.5 Å². The molecule has 0 spiro atoms. The van der Waals surface area contributed by atoms with E-state index in [1.54, 1.807) is 9.80 Å². The van der Waals surface area contributed by atoms with E-state index < -0.39 is 0 Å². The van der Waals surface area contributed by atoms with Gasteiger partial charge < -0.3 is 21.3 Å². The lowest BCUT2D eigenvalue weighted by molar-refractivity contribution is 0.237. The van der Waals surface area contributed by atoms with Crippen molar-refractivity contribution >= 4 is 12.1 Å². The molecular formula is C19H24N4O2. The zero-order valence-electron chi connectivity index (χ0n) is 14.2. The lowest BCUT2D eigenvalue weighted by Gasteiger charge is -2.00. The molecule has 6 heteroatoms. The average molecular weight is 340 g/mol. The van der Waals surface area contributed by atoms with Crippen LogP contribution in [0.5, 0.6) is 0 Å². The molecule has 0 bridgehead atoms. The fraction of sp³-hybridized carbons (Fsp3) is 0.263. The van der Waals surface area contributed by atoms with Crippen molar-refractivity contribution in [3.8, 4) is 0 Å². The molecular weight excluding hydrogens is 316 g/mol. The van der Waals surface area contributed by atoms with Crippen LogP contribution in [0.3, 0.4) is 0 Å². The second-order valence-electron chi connectivity index (χ2n) is 5.80. The molecule has 2 aliphatic rings. The van der Waals surface area contributed by atoms with E-state index in [1.807, 2.05) is 0 Å². The molecule has 4 amide bonds. The number of primary amides is 2. The molecule has 132 valence electrons. The zero-order chi connectivity index (χ0) is 18.1. The molecule has 2 aromatic rings. The summed E-state index contributed by atoms with van der Waals surface area (Å²) in [4.78, 5) is 22.9. The van der Waals surface area contributed by atoms with Gasteiger partial charge in [0.25, 0.3) is 0 Å². The molecule has 0 atom stereocenters. The van der Waals surface area contributed by atoms with E-state index in [9.17, 15) is 9.59 Å². The first-order valence-corrected chi connectivity index (χ1v) is 8.23. The number of hydrogen-bond donors (Lipinski definition) is 2. The predicted molar refractivity (Wildman–Crippen MR) is 98.0 cm³/mol. The zero-order valence-corrected chi connectivity index (χ0v) is 14.2. The number of benzene rings is 2. The Morgan fingerprint density at radius 2 is 1.00 bits per heavy atom. The summed E-state index contributed by atoms with van der Waals surface area (Å²) in [7, 11) is 0. The highest BCUT2D eigenvalue weighted by molar-refractivity contribution is 5.74. The summed E-state index contributed by atoms with van der Waals surface area (Å²) in [6, 6.07) is 20.5. The molecule has 4 N–H and O–H groups in total. The molecule has 0 aliphatic carbocycles. The summed E-state index contributed by atoms with van der Waals surface area (Å²) >= 11 is 0. The maximum absolute atomic E-state index is 9.91. The molecule has 0 unspecified atom stereocenters. The Bertz CT molecular complexity index is 609. The van der Waals surface area contributed by atoms with Crippen molar-refractivity contribution < 1.29 is 9.59 Å². The van der Waals surface area contributed by atoms with Gasteiger partial charge in [-0.1, -0.05) is 60.7 Å². The number of amides is 4. The van der Waals surface area contributed by atoms with Crippen molar-refractivity contribution in [2.45, 2.75) is 6.42 Å². The van der Waals surface area contributed by atoms with E-state index in [1.165, 1.54) is 11.1 Å². The fourth-order valence-corrected chi connectivity index (χ4v) is 1.97. The Kier molecular flexibility index (Phi) is 6.83. The van der Waals surface area contributed by atoms with Crippen LogP contribution in [0.25, 0.3) is 0 Å². The maximum Gasteiger partial charge on any atom is 0.314 e. The molecule has 25 heavy (non-hydrogen) atoms. The minimum absolute atomic E-state index is 0.296. The second-order valence-corrected chi connectivity index (χ2v) is 5.80. The fourth-order valence-electron chi connectivity index (χ4n) is 1.97. The van der Waals surface area contributed by atoms with Crippen molar-refractivity contribution in [2.24, 2.45) is 11.5 Å². The largest absolute Gasteiger partial charge is 0.351 e. The van der Waals surface area contributed by atoms with Crippen molar-refractivity contribution in [3.05, 3.63) is 71.8 Å². The Hall–Kier alpha value is -3.02. The van der Waals surface area contributed by atoms with Crippen LogP contribution in [0.4, 0.5) is 9.59 Å². The monoisotopic (exact) mass is 340 g/mol. The van der Waals surface area contributed by atoms with Gasteiger partial charge in [0.1, 0.15) is 0 Å². The average Bonchev–Trinajstić information content (AvgIpc) is 3.51. The molecule has 0 radical (unpaired) electrons. The van der Waals surface area contributed by atoms with Crippen LogP contribution in [-0.4, -0.2) is 48.0 Å². The summed E-state index contributed by atoms with van der Waals surface area (Å²) in [5.74, 6) is 0. The molecule has 2 aliphatic heterocycles. The number of nitrogens with two attached hydrogens (primary N) is 2. The molecule has 2 fully saturated rings. The number of nitrogens with zero attached hydrogens (tertiary/aromatic N) is 2. The quantitative estimate of drug-likeness (QED) is 0.819. The number of rotatable bonds is 2. The van der Waals surface area contributed by atoms with Crippen LogP contribution in [0, 0.1) is 0 Å². The molecule has 0 saturated carbocycles. The lowest BCUT2D eigenvalue weighted by Crippen LogP contribution is -2.17. The van der Waals surface area contributed by atoms with E-state index in [2.05, 4.69) is 60.7 Å². The van der Waals surface area contributed by atoms with Crippen LogP contribution in [-0.2, 0) is 6.42 Å². The molecule has 2 aromatic carbocycles. The van der Waals surface area contributed by atoms with Crippen molar-refractivity contribution in [1.29, 1.82) is 0 Å². The van der Waals surface area contributed by atoms with Gasteiger partial charge in [-0.05, 0) is 17.5 Å². The van der Waals surface area contributed by atoms with Gasteiger partial charge in [0.15, 0.2) is 0 Å². The van der Waals surface area contributed by atoms with Gasteiger partial charge in [-0.25, -0.2) is 9.59 Å². The molecule has 6 nitrogen and oxygen atoms in total. The molecule has 2 saturated heterocycles. The highest BCUT2D eigenvalue weighted by atomic mass is 16.2. The van der Waals surface area contributed by atoms with Gasteiger partial charge in [-0.2, -0.15) is 0 Å². The van der Waals surface area contributed by atoms with E-state index >= 15 is 0 Å². The van der Waals surface area contributed by atoms with E-state index in [-0.39, 0.29) is 12.1 Å². The second kappa shape index (κ2) is 9.32. The smallest absolute Gasteiger partial charge is 0.314 e. The Morgan fingerprint density at radius 1 is 0.680 bits per heavy atom. The minimum Gasteiger partial charge on any atom is -0.351 e. The third kappa shape index (κ3) is 7.87. The first-order chi connectivity index (χ1) is 12.1. The van der Waals surface area contributed by atoms with E-state index in [0.717, 1.165) is 32.6 Å². The summed E-state index contributed by atoms with van der Waals surface area (Å²) in [6.07, 6.45) is 1.03. The van der Waals surface area contributed by atoms with Crippen LogP contribution < -0.4 is 11.5 Å². The van der Waals surface area contributed by atoms with Gasteiger partial charge in [0.05, 0.1) is 0 Å². The first kappa shape index (κ1) is 18.3. The Labute approximate surface area is 148 Å². The van der Waals surface area contributed by atoms with Crippen molar-refractivity contribution in [2.75, 3.05) is 26.2 Å². The minimum atomic E-state index is -0.296. The number of hydrogen-bond acceptors (Lipinski definition) is 2. The third-order valence-corrected chi connectivity index (χ3v) is 3.61. The van der Waals surface area contributed by atoms with Crippen LogP contribution in [0.2, 0.25) is 0 Å². The van der Waals surface area contributed by atoms with Gasteiger partial charge in [-0.15, -0.1) is 0 Å². The van der Waals surface area contributed by atoms with Gasteiger partial charge in [0.2, 0.25) is 0 Å². The predicted octanol–water partition coefficient (Wildman–Crippen LogP) is 2.04. The number of carbonyl (C=O) groups is 2. The topological polar surface area (TPSA) is 92.2 Å². The van der Waals surface area contributed by atoms with Crippen LogP contribution in [0.15, 0.2) is 60.7 Å². The van der Waals surface area contributed by atoms with Gasteiger partial charge in [-0.3, -0.25) is 0 Å². The van der Waals surface area contributed by atoms with Crippen molar-refractivity contribution in [3.63, 3.8) is 0 Å². The summed E-state index contributed by atoms with van der Waals surface area (Å²) in [6.45, 7) is 3.43. The lowest BCUT2D eigenvalue weighted by atomic mass is 10.1. The van der Waals surface area contributed by atoms with Crippen LogP contribution >= 0.6 is 0 Å². The third-order valence-electron chi connectivity index (χ3n) is 3.61. The maximum atomic E-state index is 9.91. The molecule has 0 aromatic heterocycles. The molecule has 2 heterocycles.